The van der Waals surface area contributed by atoms with Crippen LogP contribution in [-0.4, -0.2) is 49.5 Å². The third kappa shape index (κ3) is 3.32. The van der Waals surface area contributed by atoms with E-state index in [1.54, 1.807) is 14.0 Å². The van der Waals surface area contributed by atoms with Crippen LogP contribution < -0.4 is 9.64 Å². The van der Waals surface area contributed by atoms with Crippen LogP contribution in [-0.2, 0) is 4.79 Å². The summed E-state index contributed by atoms with van der Waals surface area (Å²) in [5.74, 6) is 0.879. The van der Waals surface area contributed by atoms with Gasteiger partial charge >= 0.3 is 0 Å². The molecule has 5 heteroatoms. The fourth-order valence-corrected chi connectivity index (χ4v) is 2.37. The number of amides is 1. The largest absolute Gasteiger partial charge is 0.497 e. The molecule has 0 aliphatic carbocycles. The van der Waals surface area contributed by atoms with Gasteiger partial charge in [-0.3, -0.25) is 4.79 Å². The molecule has 1 amide bonds. The Morgan fingerprint density at radius 2 is 1.79 bits per heavy atom. The van der Waals surface area contributed by atoms with Crippen molar-refractivity contribution < 1.29 is 9.53 Å². The zero-order valence-corrected chi connectivity index (χ0v) is 12.1. The van der Waals surface area contributed by atoms with Crippen LogP contribution in [0.3, 0.4) is 0 Å². The van der Waals surface area contributed by atoms with Gasteiger partial charge in [-0.15, -0.1) is 11.6 Å². The topological polar surface area (TPSA) is 32.8 Å². The maximum absolute atomic E-state index is 11.8. The number of rotatable bonds is 3. The molecule has 1 saturated heterocycles. The average molecular weight is 283 g/mol. The van der Waals surface area contributed by atoms with Gasteiger partial charge < -0.3 is 14.5 Å². The highest BCUT2D eigenvalue weighted by Crippen LogP contribution is 2.20. The first-order valence-electron chi connectivity index (χ1n) is 6.43. The van der Waals surface area contributed by atoms with Gasteiger partial charge in [-0.05, 0) is 31.2 Å². The molecule has 1 aliphatic rings. The van der Waals surface area contributed by atoms with Crippen LogP contribution in [0.25, 0.3) is 0 Å². The predicted molar refractivity (Wildman–Crippen MR) is 77.1 cm³/mol. The van der Waals surface area contributed by atoms with Gasteiger partial charge in [0.15, 0.2) is 0 Å². The maximum atomic E-state index is 11.8. The number of carbonyl (C=O) groups excluding carboxylic acids is 1. The summed E-state index contributed by atoms with van der Waals surface area (Å²) >= 11 is 5.83. The Morgan fingerprint density at radius 3 is 2.26 bits per heavy atom. The highest BCUT2D eigenvalue weighted by atomic mass is 35.5. The molecule has 1 heterocycles. The third-order valence-corrected chi connectivity index (χ3v) is 3.56. The molecule has 2 rings (SSSR count). The third-order valence-electron chi connectivity index (χ3n) is 3.37. The van der Waals surface area contributed by atoms with Crippen LogP contribution in [0.2, 0.25) is 0 Å². The number of methoxy groups -OCH3 is 1. The molecule has 0 saturated carbocycles. The summed E-state index contributed by atoms with van der Waals surface area (Å²) in [6.45, 7) is 4.84. The van der Waals surface area contributed by atoms with Gasteiger partial charge in [0.05, 0.1) is 7.11 Å². The SMILES string of the molecule is COc1ccc(N2CCN(C(=O)[C@@H](C)Cl)CC2)cc1. The fraction of sp³-hybridized carbons (Fsp3) is 0.500. The van der Waals surface area contributed by atoms with Gasteiger partial charge in [0.2, 0.25) is 5.91 Å². The van der Waals surface area contributed by atoms with Crippen molar-refractivity contribution in [2.75, 3.05) is 38.2 Å². The van der Waals surface area contributed by atoms with E-state index in [1.165, 1.54) is 0 Å². The Bertz CT molecular complexity index is 426. The van der Waals surface area contributed by atoms with Gasteiger partial charge in [0.1, 0.15) is 11.1 Å². The second kappa shape index (κ2) is 6.15. The molecule has 1 fully saturated rings. The summed E-state index contributed by atoms with van der Waals surface area (Å²) in [7, 11) is 1.66. The normalized spacial score (nSPS) is 17.2. The Kier molecular flexibility index (Phi) is 4.53. The summed E-state index contributed by atoms with van der Waals surface area (Å²) in [5, 5.41) is -0.437. The summed E-state index contributed by atoms with van der Waals surface area (Å²) in [6, 6.07) is 7.99. The number of hydrogen-bond acceptors (Lipinski definition) is 3. The molecule has 1 aromatic carbocycles. The predicted octanol–water partition coefficient (Wildman–Crippen LogP) is 1.97. The molecule has 0 N–H and O–H groups in total. The standard InChI is InChI=1S/C14H19ClN2O2/c1-11(15)14(18)17-9-7-16(8-10-17)12-3-5-13(19-2)6-4-12/h3-6,11H,7-10H2,1-2H3/t11-/m1/s1. The van der Waals surface area contributed by atoms with Gasteiger partial charge in [-0.2, -0.15) is 0 Å². The zero-order valence-electron chi connectivity index (χ0n) is 11.3. The van der Waals surface area contributed by atoms with E-state index >= 15 is 0 Å². The lowest BCUT2D eigenvalue weighted by molar-refractivity contribution is -0.130. The molecule has 1 aromatic rings. The Morgan fingerprint density at radius 1 is 1.21 bits per heavy atom. The van der Waals surface area contributed by atoms with Crippen LogP contribution in [0.1, 0.15) is 6.92 Å². The lowest BCUT2D eigenvalue weighted by atomic mass is 10.2. The Hall–Kier alpha value is -1.42. The smallest absolute Gasteiger partial charge is 0.240 e. The van der Waals surface area contributed by atoms with Crippen molar-refractivity contribution in [3.63, 3.8) is 0 Å². The Balaban J connectivity index is 1.94. The molecule has 0 unspecified atom stereocenters. The van der Waals surface area contributed by atoms with Crippen molar-refractivity contribution >= 4 is 23.2 Å². The summed E-state index contributed by atoms with van der Waals surface area (Å²) in [5.41, 5.74) is 1.16. The van der Waals surface area contributed by atoms with E-state index in [1.807, 2.05) is 29.2 Å². The highest BCUT2D eigenvalue weighted by molar-refractivity contribution is 6.30. The minimum atomic E-state index is -0.437. The van der Waals surface area contributed by atoms with E-state index in [2.05, 4.69) is 4.90 Å². The monoisotopic (exact) mass is 282 g/mol. The number of halogens is 1. The van der Waals surface area contributed by atoms with Crippen molar-refractivity contribution in [2.24, 2.45) is 0 Å². The quantitative estimate of drug-likeness (QED) is 0.795. The fourth-order valence-electron chi connectivity index (χ4n) is 2.23. The van der Waals surface area contributed by atoms with Gasteiger partial charge in [-0.25, -0.2) is 0 Å². The summed E-state index contributed by atoms with van der Waals surface area (Å²) in [6.07, 6.45) is 0. The number of alkyl halides is 1. The molecule has 4 nitrogen and oxygen atoms in total. The van der Waals surface area contributed by atoms with Crippen molar-refractivity contribution in [3.05, 3.63) is 24.3 Å². The number of nitrogens with zero attached hydrogens (tertiary/aromatic N) is 2. The number of benzene rings is 1. The van der Waals surface area contributed by atoms with Gasteiger partial charge in [0, 0.05) is 31.9 Å². The number of carbonyl (C=O) groups is 1. The van der Waals surface area contributed by atoms with E-state index in [9.17, 15) is 4.79 Å². The first kappa shape index (κ1) is 14.0. The molecule has 0 bridgehead atoms. The summed E-state index contributed by atoms with van der Waals surface area (Å²) in [4.78, 5) is 15.9. The van der Waals surface area contributed by atoms with Crippen LogP contribution in [0.5, 0.6) is 5.75 Å². The number of anilines is 1. The molecule has 104 valence electrons. The van der Waals surface area contributed by atoms with Crippen molar-refractivity contribution in [1.29, 1.82) is 0 Å². The molecule has 19 heavy (non-hydrogen) atoms. The second-order valence-corrected chi connectivity index (χ2v) is 5.28. The zero-order chi connectivity index (χ0) is 13.8. The first-order chi connectivity index (χ1) is 9.11. The van der Waals surface area contributed by atoms with Crippen LogP contribution in [0.4, 0.5) is 5.69 Å². The molecular formula is C14H19ClN2O2. The first-order valence-corrected chi connectivity index (χ1v) is 6.87. The van der Waals surface area contributed by atoms with E-state index in [4.69, 9.17) is 16.3 Å². The van der Waals surface area contributed by atoms with Crippen LogP contribution in [0.15, 0.2) is 24.3 Å². The minimum Gasteiger partial charge on any atom is -0.497 e. The molecule has 0 spiro atoms. The minimum absolute atomic E-state index is 0.0241. The average Bonchev–Trinajstić information content (AvgIpc) is 2.46. The molecule has 0 aromatic heterocycles. The molecular weight excluding hydrogens is 264 g/mol. The molecule has 0 radical (unpaired) electrons. The van der Waals surface area contributed by atoms with E-state index in [0.717, 1.165) is 37.6 Å². The molecule has 1 atom stereocenters. The lowest BCUT2D eigenvalue weighted by Crippen LogP contribution is -2.50. The van der Waals surface area contributed by atoms with E-state index in [0.29, 0.717) is 0 Å². The Labute approximate surface area is 118 Å². The van der Waals surface area contributed by atoms with Crippen molar-refractivity contribution in [1.82, 2.24) is 4.90 Å². The highest BCUT2D eigenvalue weighted by Gasteiger charge is 2.23. The van der Waals surface area contributed by atoms with E-state index < -0.39 is 5.38 Å². The van der Waals surface area contributed by atoms with Crippen molar-refractivity contribution in [3.8, 4) is 5.75 Å². The number of ether oxygens (including phenoxy) is 1. The lowest BCUT2D eigenvalue weighted by Gasteiger charge is -2.36. The van der Waals surface area contributed by atoms with Gasteiger partial charge in [0.25, 0.3) is 0 Å². The van der Waals surface area contributed by atoms with Crippen LogP contribution >= 0.6 is 11.6 Å². The second-order valence-electron chi connectivity index (χ2n) is 4.63. The number of hydrogen-bond donors (Lipinski definition) is 0. The molecule has 1 aliphatic heterocycles. The number of piperazine rings is 1. The van der Waals surface area contributed by atoms with Gasteiger partial charge in [-0.1, -0.05) is 0 Å². The maximum Gasteiger partial charge on any atom is 0.240 e. The van der Waals surface area contributed by atoms with Crippen molar-refractivity contribution in [2.45, 2.75) is 12.3 Å². The van der Waals surface area contributed by atoms with E-state index in [-0.39, 0.29) is 5.91 Å². The van der Waals surface area contributed by atoms with Crippen LogP contribution in [0, 0.1) is 0 Å². The summed E-state index contributed by atoms with van der Waals surface area (Å²) < 4.78 is 5.15.